The molecule has 0 aliphatic rings. The van der Waals surface area contributed by atoms with Crippen molar-refractivity contribution in [2.75, 3.05) is 13.6 Å². The van der Waals surface area contributed by atoms with Crippen LogP contribution in [0.25, 0.3) is 0 Å². The van der Waals surface area contributed by atoms with E-state index in [9.17, 15) is 9.59 Å². The fourth-order valence-electron chi connectivity index (χ4n) is 1.91. The minimum absolute atomic E-state index is 0.124. The van der Waals surface area contributed by atoms with Crippen LogP contribution in [0, 0.1) is 0 Å². The maximum Gasteiger partial charge on any atom is 0.254 e. The lowest BCUT2D eigenvalue weighted by Gasteiger charge is -2.07. The summed E-state index contributed by atoms with van der Waals surface area (Å²) in [7, 11) is 1.62. The van der Waals surface area contributed by atoms with Crippen molar-refractivity contribution in [3.63, 3.8) is 0 Å². The number of Topliss-reactive ketones (excluding diaryl/α,β-unsaturated/α-hetero) is 1. The van der Waals surface area contributed by atoms with E-state index in [4.69, 9.17) is 0 Å². The minimum atomic E-state index is -0.349. The van der Waals surface area contributed by atoms with Crippen LogP contribution in [-0.4, -0.2) is 31.0 Å². The number of amides is 1. The molecule has 0 aliphatic heterocycles. The van der Waals surface area contributed by atoms with Crippen molar-refractivity contribution in [2.45, 2.75) is 162 Å². The zero-order valence-electron chi connectivity index (χ0n) is 31.0. The van der Waals surface area contributed by atoms with Gasteiger partial charge in [-0.25, -0.2) is 0 Å². The first kappa shape index (κ1) is 54.8. The van der Waals surface area contributed by atoms with E-state index >= 15 is 0 Å². The Morgan fingerprint density at radius 2 is 1.07 bits per heavy atom. The smallest absolute Gasteiger partial charge is 0.254 e. The summed E-state index contributed by atoms with van der Waals surface area (Å²) in [5, 5.41) is 2.74. The Labute approximate surface area is 260 Å². The topological polar surface area (TPSA) is 58.5 Å². The molecule has 246 valence electrons. The van der Waals surface area contributed by atoms with Crippen LogP contribution in [0.3, 0.4) is 0 Å². The fourth-order valence-corrected chi connectivity index (χ4v) is 1.91. The zero-order chi connectivity index (χ0) is 34.1. The van der Waals surface area contributed by atoms with E-state index in [-0.39, 0.29) is 17.3 Å². The predicted molar refractivity (Wildman–Crippen MR) is 194 cm³/mol. The molecule has 1 amide bonds. The molecule has 0 unspecified atom stereocenters. The highest BCUT2D eigenvalue weighted by Crippen LogP contribution is 2.05. The van der Waals surface area contributed by atoms with Gasteiger partial charge >= 0.3 is 0 Å². The Morgan fingerprint density at radius 1 is 0.707 bits per heavy atom. The van der Waals surface area contributed by atoms with Crippen LogP contribution < -0.4 is 5.32 Å². The van der Waals surface area contributed by atoms with Gasteiger partial charge in [-0.1, -0.05) is 152 Å². The van der Waals surface area contributed by atoms with E-state index in [0.29, 0.717) is 12.3 Å². The monoisotopic (exact) mass is 581 g/mol. The number of carbonyl (C=O) groups is 2. The average Bonchev–Trinajstić information content (AvgIpc) is 2.96. The fraction of sp³-hybridized carbons (Fsp3) is 0.703. The number of carbonyl (C=O) groups excluding carboxylic acids is 2. The molecule has 0 spiro atoms. The molecule has 0 bridgehead atoms. The van der Waals surface area contributed by atoms with Crippen LogP contribution in [0.1, 0.15) is 162 Å². The van der Waals surface area contributed by atoms with Crippen molar-refractivity contribution in [3.8, 4) is 0 Å². The predicted octanol–water partition coefficient (Wildman–Crippen LogP) is 12.1. The maximum atomic E-state index is 12.0. The quantitative estimate of drug-likeness (QED) is 0.0474. The molecular formula is C37H76N2O2. The lowest BCUT2D eigenvalue weighted by molar-refractivity contribution is -0.121. The highest BCUT2D eigenvalue weighted by Gasteiger charge is 2.15. The molecule has 0 atom stereocenters. The van der Waals surface area contributed by atoms with E-state index < -0.39 is 0 Å². The second-order valence-corrected chi connectivity index (χ2v) is 8.98. The first-order valence-corrected chi connectivity index (χ1v) is 16.3. The van der Waals surface area contributed by atoms with Gasteiger partial charge in [-0.05, 0) is 45.8 Å². The third-order valence-electron chi connectivity index (χ3n) is 4.44. The molecule has 1 N–H and O–H groups in total. The van der Waals surface area contributed by atoms with Crippen LogP contribution in [0.15, 0.2) is 53.1 Å². The second kappa shape index (κ2) is 53.9. The Kier molecular flexibility index (Phi) is 72.1. The van der Waals surface area contributed by atoms with Gasteiger partial charge in [0.05, 0.1) is 11.3 Å². The van der Waals surface area contributed by atoms with Crippen LogP contribution in [0.2, 0.25) is 0 Å². The summed E-state index contributed by atoms with van der Waals surface area (Å²) in [6, 6.07) is 0. The van der Waals surface area contributed by atoms with Crippen molar-refractivity contribution < 1.29 is 9.59 Å². The summed E-state index contributed by atoms with van der Waals surface area (Å²) in [5.41, 5.74) is 2.74. The summed E-state index contributed by atoms with van der Waals surface area (Å²) in [6.45, 7) is 38.1. The van der Waals surface area contributed by atoms with Crippen LogP contribution in [-0.2, 0) is 9.59 Å². The molecule has 0 saturated heterocycles. The van der Waals surface area contributed by atoms with Crippen molar-refractivity contribution >= 4 is 17.4 Å². The van der Waals surface area contributed by atoms with Gasteiger partial charge in [-0.15, -0.1) is 6.58 Å². The molecule has 0 fully saturated rings. The van der Waals surface area contributed by atoms with Crippen LogP contribution in [0.5, 0.6) is 0 Å². The number of rotatable bonds is 12. The number of allylic oxidation sites excluding steroid dienone is 5. The molecule has 41 heavy (non-hydrogen) atoms. The molecule has 0 saturated carbocycles. The summed E-state index contributed by atoms with van der Waals surface area (Å²) in [5.74, 6) is -0.620. The highest BCUT2D eigenvalue weighted by molar-refractivity contribution is 6.24. The average molecular weight is 581 g/mol. The van der Waals surface area contributed by atoms with Gasteiger partial charge in [0.1, 0.15) is 0 Å². The highest BCUT2D eigenvalue weighted by atomic mass is 16.2. The number of aliphatic imine (C=N–C) groups is 1. The SMILES string of the molecule is C=C(C)C.C=C/C=C(\C)C(/C=C(\C(C)=O)C(=O)NCCCC)=NC.CC.CC.CCCC.CCCC.CCCCC. The molecule has 4 heteroatoms. The first-order valence-electron chi connectivity index (χ1n) is 16.3. The van der Waals surface area contributed by atoms with Crippen LogP contribution >= 0.6 is 0 Å². The van der Waals surface area contributed by atoms with Crippen molar-refractivity contribution in [2.24, 2.45) is 4.99 Å². The molecular weight excluding hydrogens is 504 g/mol. The maximum absolute atomic E-state index is 12.0. The van der Waals surface area contributed by atoms with E-state index in [1.807, 2.05) is 55.4 Å². The minimum Gasteiger partial charge on any atom is -0.352 e. The number of hydrogen-bond donors (Lipinski definition) is 1. The number of ketones is 1. The Morgan fingerprint density at radius 3 is 1.29 bits per heavy atom. The molecule has 4 nitrogen and oxygen atoms in total. The van der Waals surface area contributed by atoms with Crippen molar-refractivity contribution in [3.05, 3.63) is 48.1 Å². The lowest BCUT2D eigenvalue weighted by atomic mass is 10.1. The van der Waals surface area contributed by atoms with Gasteiger partial charge in [0.2, 0.25) is 0 Å². The van der Waals surface area contributed by atoms with Gasteiger partial charge < -0.3 is 5.32 Å². The summed E-state index contributed by atoms with van der Waals surface area (Å²) in [6.07, 6.45) is 16.2. The number of unbranched alkanes of at least 4 members (excludes halogenated alkanes) is 5. The van der Waals surface area contributed by atoms with Gasteiger partial charge in [-0.2, -0.15) is 0 Å². The number of nitrogens with zero attached hydrogens (tertiary/aromatic N) is 1. The van der Waals surface area contributed by atoms with E-state index in [1.165, 1.54) is 63.5 Å². The normalized spacial score (nSPS) is 9.80. The Hall–Kier alpha value is -2.23. The van der Waals surface area contributed by atoms with Crippen molar-refractivity contribution in [1.82, 2.24) is 5.32 Å². The standard InChI is InChI=1S/C16H24N2O2.C5H12.C4H8.2C4H10.2C2H6/c1-6-8-10-18-16(20)14(13(4)19)11-15(17-5)12(3)9-7-2;1-3-5-4-2;1-4(2)3;2*1-3-4-2;2*1-2/h7,9,11H,2,6,8,10H2,1,3-5H3,(H,18,20);3-5H2,1-2H3;1H2,2-3H3;2*3-4H2,1-2H3;2*1-2H3/b12-9+,14-11+,17-15?;;;;;;. The van der Waals surface area contributed by atoms with Gasteiger partial charge in [0, 0.05) is 13.6 Å². The zero-order valence-corrected chi connectivity index (χ0v) is 31.0. The first-order chi connectivity index (χ1) is 19.4. The van der Waals surface area contributed by atoms with Crippen LogP contribution in [0.4, 0.5) is 0 Å². The molecule has 0 heterocycles. The lowest BCUT2D eigenvalue weighted by Crippen LogP contribution is -2.29. The molecule has 0 aromatic rings. The van der Waals surface area contributed by atoms with Crippen molar-refractivity contribution in [1.29, 1.82) is 0 Å². The third-order valence-corrected chi connectivity index (χ3v) is 4.44. The molecule has 0 aliphatic carbocycles. The third kappa shape index (κ3) is 62.7. The Balaban J connectivity index is -0.0000000891. The van der Waals surface area contributed by atoms with E-state index in [0.717, 1.165) is 18.4 Å². The second-order valence-electron chi connectivity index (χ2n) is 8.98. The van der Waals surface area contributed by atoms with E-state index in [2.05, 4.69) is 65.0 Å². The Bertz CT molecular complexity index is 627. The molecule has 0 aromatic heterocycles. The van der Waals surface area contributed by atoms with E-state index in [1.54, 1.807) is 19.2 Å². The summed E-state index contributed by atoms with van der Waals surface area (Å²) >= 11 is 0. The largest absolute Gasteiger partial charge is 0.352 e. The van der Waals surface area contributed by atoms with Gasteiger partial charge in [0.15, 0.2) is 5.78 Å². The van der Waals surface area contributed by atoms with Gasteiger partial charge in [-0.3, -0.25) is 14.6 Å². The summed E-state index contributed by atoms with van der Waals surface area (Å²) < 4.78 is 0. The number of nitrogens with one attached hydrogen (secondary N) is 1. The molecule has 0 rings (SSSR count). The summed E-state index contributed by atoms with van der Waals surface area (Å²) in [4.78, 5) is 27.7. The molecule has 0 radical (unpaired) electrons. The number of hydrogen-bond acceptors (Lipinski definition) is 3. The van der Waals surface area contributed by atoms with Gasteiger partial charge in [0.25, 0.3) is 5.91 Å². The molecule has 0 aromatic carbocycles.